The van der Waals surface area contributed by atoms with Crippen LogP contribution in [0.4, 0.5) is 5.82 Å². The first-order valence-electron chi connectivity index (χ1n) is 6.42. The average Bonchev–Trinajstić information content (AvgIpc) is 2.69. The highest BCUT2D eigenvalue weighted by Gasteiger charge is 2.23. The highest BCUT2D eigenvalue weighted by atomic mass is 16.6. The average molecular weight is 273 g/mol. The molecular weight excluding hydrogens is 254 g/mol. The molecule has 2 rings (SSSR count). The summed E-state index contributed by atoms with van der Waals surface area (Å²) in [6.45, 7) is 7.40. The van der Waals surface area contributed by atoms with E-state index in [-0.39, 0.29) is 11.4 Å². The summed E-state index contributed by atoms with van der Waals surface area (Å²) in [7, 11) is 0. The van der Waals surface area contributed by atoms with Crippen LogP contribution >= 0.6 is 0 Å². The Morgan fingerprint density at radius 1 is 1.30 bits per heavy atom. The molecule has 0 saturated heterocycles. The van der Waals surface area contributed by atoms with Crippen LogP contribution in [0.1, 0.15) is 36.7 Å². The van der Waals surface area contributed by atoms with Crippen LogP contribution in [0.5, 0.6) is 0 Å². The number of benzene rings is 1. The van der Waals surface area contributed by atoms with Crippen LogP contribution < -0.4 is 5.73 Å². The quantitative estimate of drug-likeness (QED) is 0.854. The van der Waals surface area contributed by atoms with Gasteiger partial charge in [-0.25, -0.2) is 9.48 Å². The Balaban J connectivity index is 2.38. The van der Waals surface area contributed by atoms with E-state index >= 15 is 0 Å². The van der Waals surface area contributed by atoms with Crippen LogP contribution in [-0.4, -0.2) is 21.4 Å². The number of carbonyl (C=O) groups excluding carboxylic acids is 1. The maximum Gasteiger partial charge on any atom is 0.344 e. The molecule has 0 bridgehead atoms. The lowest BCUT2D eigenvalue weighted by Crippen LogP contribution is -2.24. The third kappa shape index (κ3) is 2.82. The molecule has 1 heterocycles. The second kappa shape index (κ2) is 5.00. The van der Waals surface area contributed by atoms with Gasteiger partial charge in [0.25, 0.3) is 0 Å². The van der Waals surface area contributed by atoms with Crippen molar-refractivity contribution in [3.63, 3.8) is 0 Å². The predicted octanol–water partition coefficient (Wildman–Crippen LogP) is 2.72. The maximum atomic E-state index is 12.1. The fourth-order valence-corrected chi connectivity index (χ4v) is 1.84. The van der Waals surface area contributed by atoms with Gasteiger partial charge in [-0.15, -0.1) is 0 Å². The van der Waals surface area contributed by atoms with Gasteiger partial charge in [0.1, 0.15) is 17.0 Å². The summed E-state index contributed by atoms with van der Waals surface area (Å²) >= 11 is 0. The lowest BCUT2D eigenvalue weighted by molar-refractivity contribution is 0.00708. The highest BCUT2D eigenvalue weighted by Crippen LogP contribution is 2.22. The topological polar surface area (TPSA) is 70.1 Å². The zero-order chi connectivity index (χ0) is 14.9. The smallest absolute Gasteiger partial charge is 0.344 e. The number of nitrogens with zero attached hydrogens (tertiary/aromatic N) is 2. The molecule has 5 heteroatoms. The molecule has 1 aromatic carbocycles. The zero-order valence-electron chi connectivity index (χ0n) is 12.2. The zero-order valence-corrected chi connectivity index (χ0v) is 12.2. The van der Waals surface area contributed by atoms with Crippen molar-refractivity contribution in [3.8, 4) is 5.69 Å². The number of ether oxygens (including phenoxy) is 1. The standard InChI is InChI=1S/C15H19N3O2/c1-10-7-5-6-8-12(10)18-13(16)11(9-17-18)14(19)20-15(2,3)4/h5-9H,16H2,1-4H3. The predicted molar refractivity (Wildman–Crippen MR) is 77.9 cm³/mol. The van der Waals surface area contributed by atoms with Crippen LogP contribution in [0.25, 0.3) is 5.69 Å². The van der Waals surface area contributed by atoms with Gasteiger partial charge in [0.15, 0.2) is 0 Å². The van der Waals surface area contributed by atoms with Gasteiger partial charge in [-0.2, -0.15) is 5.10 Å². The summed E-state index contributed by atoms with van der Waals surface area (Å²) in [6.07, 6.45) is 1.44. The third-order valence-corrected chi connectivity index (χ3v) is 2.77. The molecule has 0 spiro atoms. The van der Waals surface area contributed by atoms with E-state index in [0.717, 1.165) is 11.3 Å². The summed E-state index contributed by atoms with van der Waals surface area (Å²) in [4.78, 5) is 12.1. The fourth-order valence-electron chi connectivity index (χ4n) is 1.84. The molecule has 2 N–H and O–H groups in total. The Hall–Kier alpha value is -2.30. The number of esters is 1. The number of anilines is 1. The third-order valence-electron chi connectivity index (χ3n) is 2.77. The Labute approximate surface area is 118 Å². The molecule has 0 saturated carbocycles. The molecule has 5 nitrogen and oxygen atoms in total. The number of carbonyl (C=O) groups is 1. The molecule has 0 aliphatic heterocycles. The van der Waals surface area contributed by atoms with Gasteiger partial charge >= 0.3 is 5.97 Å². The Kier molecular flexibility index (Phi) is 3.53. The second-order valence-corrected chi connectivity index (χ2v) is 5.64. The van der Waals surface area contributed by atoms with Gasteiger partial charge in [0.2, 0.25) is 0 Å². The second-order valence-electron chi connectivity index (χ2n) is 5.64. The van der Waals surface area contributed by atoms with E-state index in [2.05, 4.69) is 5.10 Å². The van der Waals surface area contributed by atoms with Gasteiger partial charge < -0.3 is 10.5 Å². The Morgan fingerprint density at radius 3 is 2.55 bits per heavy atom. The molecular formula is C15H19N3O2. The normalized spacial score (nSPS) is 11.4. The van der Waals surface area contributed by atoms with Crippen LogP contribution in [0.2, 0.25) is 0 Å². The number of hydrogen-bond acceptors (Lipinski definition) is 4. The van der Waals surface area contributed by atoms with Crippen molar-refractivity contribution in [3.05, 3.63) is 41.6 Å². The molecule has 0 unspecified atom stereocenters. The molecule has 0 amide bonds. The van der Waals surface area contributed by atoms with Crippen molar-refractivity contribution >= 4 is 11.8 Å². The van der Waals surface area contributed by atoms with Crippen molar-refractivity contribution in [2.75, 3.05) is 5.73 Å². The van der Waals surface area contributed by atoms with Crippen LogP contribution in [-0.2, 0) is 4.74 Å². The van der Waals surface area contributed by atoms with Gasteiger partial charge in [-0.1, -0.05) is 18.2 Å². The monoisotopic (exact) mass is 273 g/mol. The molecule has 106 valence electrons. The van der Waals surface area contributed by atoms with Gasteiger partial charge in [-0.05, 0) is 39.3 Å². The van der Waals surface area contributed by atoms with Crippen molar-refractivity contribution in [2.45, 2.75) is 33.3 Å². The molecule has 0 radical (unpaired) electrons. The van der Waals surface area contributed by atoms with Crippen LogP contribution in [0.3, 0.4) is 0 Å². The molecule has 0 aliphatic carbocycles. The van der Waals surface area contributed by atoms with Crippen molar-refractivity contribution in [1.82, 2.24) is 9.78 Å². The number of nitrogen functional groups attached to an aromatic ring is 1. The summed E-state index contributed by atoms with van der Waals surface area (Å²) in [5, 5.41) is 4.19. The van der Waals surface area contributed by atoms with Crippen molar-refractivity contribution in [1.29, 1.82) is 0 Å². The Bertz CT molecular complexity index is 639. The minimum absolute atomic E-state index is 0.281. The molecule has 0 atom stereocenters. The highest BCUT2D eigenvalue weighted by molar-refractivity contribution is 5.94. The lowest BCUT2D eigenvalue weighted by Gasteiger charge is -2.19. The minimum atomic E-state index is -0.561. The van der Waals surface area contributed by atoms with Crippen LogP contribution in [0, 0.1) is 6.92 Å². The Morgan fingerprint density at radius 2 is 1.95 bits per heavy atom. The summed E-state index contributed by atoms with van der Waals surface area (Å²) in [5.41, 5.74) is 7.62. The minimum Gasteiger partial charge on any atom is -0.456 e. The van der Waals surface area contributed by atoms with Gasteiger partial charge in [0, 0.05) is 0 Å². The SMILES string of the molecule is Cc1ccccc1-n1ncc(C(=O)OC(C)(C)C)c1N. The summed E-state index contributed by atoms with van der Waals surface area (Å²) in [6, 6.07) is 7.70. The van der Waals surface area contributed by atoms with Crippen molar-refractivity contribution < 1.29 is 9.53 Å². The molecule has 1 aromatic heterocycles. The molecule has 0 aliphatic rings. The van der Waals surface area contributed by atoms with E-state index in [1.807, 2.05) is 52.0 Å². The number of hydrogen-bond donors (Lipinski definition) is 1. The van der Waals surface area contributed by atoms with Crippen LogP contribution in [0.15, 0.2) is 30.5 Å². The van der Waals surface area contributed by atoms with E-state index < -0.39 is 11.6 Å². The van der Waals surface area contributed by atoms with E-state index in [0.29, 0.717) is 0 Å². The van der Waals surface area contributed by atoms with E-state index in [1.54, 1.807) is 4.68 Å². The summed E-state index contributed by atoms with van der Waals surface area (Å²) < 4.78 is 6.86. The first-order chi connectivity index (χ1) is 9.29. The summed E-state index contributed by atoms with van der Waals surface area (Å²) in [5.74, 6) is -0.177. The number of nitrogens with two attached hydrogens (primary N) is 1. The van der Waals surface area contributed by atoms with Gasteiger partial charge in [0.05, 0.1) is 11.9 Å². The lowest BCUT2D eigenvalue weighted by atomic mass is 10.2. The van der Waals surface area contributed by atoms with Crippen molar-refractivity contribution in [2.24, 2.45) is 0 Å². The largest absolute Gasteiger partial charge is 0.456 e. The molecule has 2 aromatic rings. The van der Waals surface area contributed by atoms with E-state index in [4.69, 9.17) is 10.5 Å². The molecule has 0 fully saturated rings. The fraction of sp³-hybridized carbons (Fsp3) is 0.333. The van der Waals surface area contributed by atoms with Gasteiger partial charge in [-0.3, -0.25) is 0 Å². The number of rotatable bonds is 2. The maximum absolute atomic E-state index is 12.1. The number of aryl methyl sites for hydroxylation is 1. The first-order valence-corrected chi connectivity index (χ1v) is 6.42. The van der Waals surface area contributed by atoms with E-state index in [9.17, 15) is 4.79 Å². The number of aromatic nitrogens is 2. The van der Waals surface area contributed by atoms with E-state index in [1.165, 1.54) is 6.20 Å². The first kappa shape index (κ1) is 14.1. The number of para-hydroxylation sites is 1. The molecule has 20 heavy (non-hydrogen) atoms.